The molecule has 1 N–H and O–H groups in total. The second-order valence-corrected chi connectivity index (χ2v) is 6.34. The largest absolute Gasteiger partial charge is 0.307 e. The summed E-state index contributed by atoms with van der Waals surface area (Å²) in [5.41, 5.74) is 1.49. The average Bonchev–Trinajstić information content (AvgIpc) is 2.92. The van der Waals surface area contributed by atoms with Crippen LogP contribution < -0.4 is 5.32 Å². The quantitative estimate of drug-likeness (QED) is 0.818. The highest BCUT2D eigenvalue weighted by molar-refractivity contribution is 7.12. The number of nitrogens with one attached hydrogen (secondary N) is 1. The minimum Gasteiger partial charge on any atom is -0.307 e. The van der Waals surface area contributed by atoms with Crippen LogP contribution in [0.1, 0.15) is 48.0 Å². The molecule has 2 atom stereocenters. The van der Waals surface area contributed by atoms with Crippen LogP contribution in [-0.4, -0.2) is 6.04 Å². The molecule has 0 aliphatic heterocycles. The summed E-state index contributed by atoms with van der Waals surface area (Å²) in [4.78, 5) is 2.89. The molecule has 1 nitrogen and oxygen atoms in total. The second-order valence-electron chi connectivity index (χ2n) is 4.88. The Hall–Kier alpha value is -0.340. The summed E-state index contributed by atoms with van der Waals surface area (Å²) < 4.78 is 0. The van der Waals surface area contributed by atoms with Crippen LogP contribution in [0.5, 0.6) is 0 Å². The summed E-state index contributed by atoms with van der Waals surface area (Å²) in [6.07, 6.45) is 2.84. The van der Waals surface area contributed by atoms with Gasteiger partial charge in [-0.05, 0) is 58.1 Å². The molecule has 2 rings (SSSR count). The molecule has 1 aromatic heterocycles. The van der Waals surface area contributed by atoms with Gasteiger partial charge in [-0.1, -0.05) is 0 Å². The number of hydrogen-bond donors (Lipinski definition) is 1. The fourth-order valence-corrected chi connectivity index (χ4v) is 3.32. The van der Waals surface area contributed by atoms with Crippen molar-refractivity contribution in [2.45, 2.75) is 52.6 Å². The zero-order valence-corrected chi connectivity index (χ0v) is 10.9. The first-order valence-corrected chi connectivity index (χ1v) is 6.72. The smallest absolute Gasteiger partial charge is 0.0305 e. The minimum absolute atomic E-state index is 0.505. The minimum atomic E-state index is 0.505. The van der Waals surface area contributed by atoms with Crippen molar-refractivity contribution in [1.29, 1.82) is 0 Å². The Kier molecular flexibility index (Phi) is 3.17. The average molecular weight is 223 g/mol. The molecular formula is C13H21NS. The van der Waals surface area contributed by atoms with E-state index < -0.39 is 0 Å². The van der Waals surface area contributed by atoms with Gasteiger partial charge in [0.2, 0.25) is 0 Å². The van der Waals surface area contributed by atoms with Gasteiger partial charge in [0.1, 0.15) is 0 Å². The van der Waals surface area contributed by atoms with Crippen molar-refractivity contribution in [1.82, 2.24) is 5.32 Å². The van der Waals surface area contributed by atoms with E-state index in [9.17, 15) is 0 Å². The zero-order chi connectivity index (χ0) is 11.0. The summed E-state index contributed by atoms with van der Waals surface area (Å²) in [6, 6.07) is 3.52. The number of rotatable bonds is 4. The maximum atomic E-state index is 3.72. The van der Waals surface area contributed by atoms with Gasteiger partial charge in [0.25, 0.3) is 0 Å². The Morgan fingerprint density at radius 1 is 1.33 bits per heavy atom. The van der Waals surface area contributed by atoms with E-state index >= 15 is 0 Å². The molecule has 84 valence electrons. The van der Waals surface area contributed by atoms with E-state index in [1.807, 2.05) is 11.3 Å². The second kappa shape index (κ2) is 4.26. The van der Waals surface area contributed by atoms with E-state index in [0.717, 1.165) is 5.92 Å². The van der Waals surface area contributed by atoms with Crippen molar-refractivity contribution < 1.29 is 0 Å². The van der Waals surface area contributed by atoms with Crippen LogP contribution in [0.2, 0.25) is 0 Å². The van der Waals surface area contributed by atoms with Crippen LogP contribution in [-0.2, 0) is 0 Å². The third kappa shape index (κ3) is 2.61. The molecule has 2 heteroatoms. The van der Waals surface area contributed by atoms with Gasteiger partial charge in [-0.2, -0.15) is 0 Å². The normalized spacial score (nSPS) is 20.3. The van der Waals surface area contributed by atoms with E-state index in [2.05, 4.69) is 39.1 Å². The lowest BCUT2D eigenvalue weighted by molar-refractivity contribution is 0.441. The molecule has 1 fully saturated rings. The molecule has 0 aromatic carbocycles. The first-order chi connectivity index (χ1) is 7.08. The van der Waals surface area contributed by atoms with Crippen molar-refractivity contribution in [2.75, 3.05) is 0 Å². The lowest BCUT2D eigenvalue weighted by atomic mass is 10.1. The summed E-state index contributed by atoms with van der Waals surface area (Å²) in [7, 11) is 0. The fourth-order valence-electron chi connectivity index (χ4n) is 2.30. The molecule has 1 aliphatic rings. The zero-order valence-electron chi connectivity index (χ0n) is 10.1. The molecule has 2 unspecified atom stereocenters. The predicted molar refractivity (Wildman–Crippen MR) is 67.5 cm³/mol. The molecule has 0 spiro atoms. The van der Waals surface area contributed by atoms with Crippen LogP contribution in [0.3, 0.4) is 0 Å². The summed E-state index contributed by atoms with van der Waals surface area (Å²) >= 11 is 1.91. The van der Waals surface area contributed by atoms with E-state index in [0.29, 0.717) is 12.1 Å². The number of hydrogen-bond acceptors (Lipinski definition) is 2. The Morgan fingerprint density at radius 3 is 2.47 bits per heavy atom. The Morgan fingerprint density at radius 2 is 2.00 bits per heavy atom. The molecule has 1 heterocycles. The third-order valence-electron chi connectivity index (χ3n) is 3.39. The van der Waals surface area contributed by atoms with Crippen molar-refractivity contribution in [3.05, 3.63) is 21.4 Å². The van der Waals surface area contributed by atoms with Crippen LogP contribution in [0.4, 0.5) is 0 Å². The Labute approximate surface area is 96.9 Å². The third-order valence-corrected chi connectivity index (χ3v) is 4.37. The lowest BCUT2D eigenvalue weighted by Gasteiger charge is -2.19. The van der Waals surface area contributed by atoms with Gasteiger partial charge in [0, 0.05) is 21.8 Å². The maximum absolute atomic E-state index is 3.72. The maximum Gasteiger partial charge on any atom is 0.0305 e. The van der Waals surface area contributed by atoms with Crippen LogP contribution in [0, 0.1) is 19.8 Å². The van der Waals surface area contributed by atoms with Crippen molar-refractivity contribution in [3.8, 4) is 0 Å². The monoisotopic (exact) mass is 223 g/mol. The standard InChI is InChI=1S/C13H21NS/c1-8-7-13(11(4)15-8)10(3)14-9(2)12-5-6-12/h7,9-10,12,14H,5-6H2,1-4H3. The van der Waals surface area contributed by atoms with Gasteiger partial charge in [-0.3, -0.25) is 0 Å². The van der Waals surface area contributed by atoms with Crippen LogP contribution in [0.15, 0.2) is 6.07 Å². The number of aryl methyl sites for hydroxylation is 2. The highest BCUT2D eigenvalue weighted by Gasteiger charge is 2.28. The van der Waals surface area contributed by atoms with E-state index in [4.69, 9.17) is 0 Å². The van der Waals surface area contributed by atoms with Gasteiger partial charge in [0.05, 0.1) is 0 Å². The molecule has 0 amide bonds. The molecule has 15 heavy (non-hydrogen) atoms. The van der Waals surface area contributed by atoms with E-state index in [1.165, 1.54) is 28.2 Å². The van der Waals surface area contributed by atoms with E-state index in [1.54, 1.807) is 0 Å². The molecule has 1 saturated carbocycles. The first-order valence-electron chi connectivity index (χ1n) is 5.91. The van der Waals surface area contributed by atoms with Gasteiger partial charge in [-0.25, -0.2) is 0 Å². The predicted octanol–water partition coefficient (Wildman–Crippen LogP) is 3.81. The molecule has 0 bridgehead atoms. The van der Waals surface area contributed by atoms with Crippen molar-refractivity contribution in [3.63, 3.8) is 0 Å². The van der Waals surface area contributed by atoms with Crippen molar-refractivity contribution >= 4 is 11.3 Å². The summed E-state index contributed by atoms with van der Waals surface area (Å²) in [5.74, 6) is 0.937. The number of thiophene rings is 1. The highest BCUT2D eigenvalue weighted by Crippen LogP contribution is 2.34. The fraction of sp³-hybridized carbons (Fsp3) is 0.692. The van der Waals surface area contributed by atoms with Gasteiger partial charge in [-0.15, -0.1) is 11.3 Å². The first kappa shape index (κ1) is 11.2. The van der Waals surface area contributed by atoms with E-state index in [-0.39, 0.29) is 0 Å². The highest BCUT2D eigenvalue weighted by atomic mass is 32.1. The van der Waals surface area contributed by atoms with Gasteiger partial charge in [0.15, 0.2) is 0 Å². The molecule has 0 saturated heterocycles. The summed E-state index contributed by atoms with van der Waals surface area (Å²) in [5, 5.41) is 3.72. The van der Waals surface area contributed by atoms with Gasteiger partial charge >= 0.3 is 0 Å². The van der Waals surface area contributed by atoms with Crippen LogP contribution in [0.25, 0.3) is 0 Å². The molecule has 1 aromatic rings. The molecule has 0 radical (unpaired) electrons. The lowest BCUT2D eigenvalue weighted by Crippen LogP contribution is -2.30. The summed E-state index contributed by atoms with van der Waals surface area (Å²) in [6.45, 7) is 9.03. The Bertz CT molecular complexity index is 338. The van der Waals surface area contributed by atoms with Gasteiger partial charge < -0.3 is 5.32 Å². The Balaban J connectivity index is 2.00. The topological polar surface area (TPSA) is 12.0 Å². The molecular weight excluding hydrogens is 202 g/mol. The van der Waals surface area contributed by atoms with Crippen LogP contribution >= 0.6 is 11.3 Å². The molecule has 1 aliphatic carbocycles. The SMILES string of the molecule is Cc1cc(C(C)NC(C)C2CC2)c(C)s1. The van der Waals surface area contributed by atoms with Crippen molar-refractivity contribution in [2.24, 2.45) is 5.92 Å².